The highest BCUT2D eigenvalue weighted by molar-refractivity contribution is 4.84. The first-order chi connectivity index (χ1) is 5.16. The number of nitrogens with one attached hydrogen (secondary N) is 1. The predicted octanol–water partition coefficient (Wildman–Crippen LogP) is 1.41. The van der Waals surface area contributed by atoms with Gasteiger partial charge in [0.05, 0.1) is 6.61 Å². The fourth-order valence-electron chi connectivity index (χ4n) is 1.69. The molecule has 0 aromatic carbocycles. The molecular weight excluding hydrogens is 138 g/mol. The van der Waals surface area contributed by atoms with E-state index in [9.17, 15) is 0 Å². The van der Waals surface area contributed by atoms with Crippen molar-refractivity contribution in [3.05, 3.63) is 0 Å². The third kappa shape index (κ3) is 2.46. The van der Waals surface area contributed by atoms with Crippen LogP contribution in [0.5, 0.6) is 0 Å². The number of ether oxygens (including phenoxy) is 1. The largest absolute Gasteiger partial charge is 0.380 e. The van der Waals surface area contributed by atoms with Gasteiger partial charge in [-0.05, 0) is 32.7 Å². The maximum atomic E-state index is 5.51. The van der Waals surface area contributed by atoms with Crippen molar-refractivity contribution in [2.24, 2.45) is 5.92 Å². The van der Waals surface area contributed by atoms with Crippen LogP contribution in [0.15, 0.2) is 0 Å². The van der Waals surface area contributed by atoms with Gasteiger partial charge in [-0.15, -0.1) is 0 Å². The van der Waals surface area contributed by atoms with Crippen LogP contribution < -0.4 is 5.32 Å². The molecule has 2 heteroatoms. The van der Waals surface area contributed by atoms with Crippen molar-refractivity contribution in [2.45, 2.75) is 32.2 Å². The summed E-state index contributed by atoms with van der Waals surface area (Å²) in [7, 11) is 2.02. The maximum absolute atomic E-state index is 5.51. The summed E-state index contributed by atoms with van der Waals surface area (Å²) in [5.74, 6) is 0.787. The van der Waals surface area contributed by atoms with E-state index in [0.29, 0.717) is 0 Å². The average Bonchev–Trinajstić information content (AvgIpc) is 2.13. The van der Waals surface area contributed by atoms with Crippen LogP contribution in [0.2, 0.25) is 0 Å². The van der Waals surface area contributed by atoms with E-state index in [1.807, 2.05) is 7.05 Å². The monoisotopic (exact) mass is 157 g/mol. The molecule has 0 amide bonds. The Morgan fingerprint density at radius 3 is 2.91 bits per heavy atom. The molecule has 0 spiro atoms. The van der Waals surface area contributed by atoms with E-state index in [1.165, 1.54) is 12.8 Å². The summed E-state index contributed by atoms with van der Waals surface area (Å²) >= 11 is 0. The van der Waals surface area contributed by atoms with Gasteiger partial charge >= 0.3 is 0 Å². The molecule has 66 valence electrons. The summed E-state index contributed by atoms with van der Waals surface area (Å²) in [4.78, 5) is 0. The molecule has 0 saturated carbocycles. The van der Waals surface area contributed by atoms with Crippen molar-refractivity contribution in [3.8, 4) is 0 Å². The Morgan fingerprint density at radius 1 is 1.55 bits per heavy atom. The van der Waals surface area contributed by atoms with Gasteiger partial charge in [-0.3, -0.25) is 0 Å². The minimum Gasteiger partial charge on any atom is -0.380 e. The fraction of sp³-hybridized carbons (Fsp3) is 1.00. The summed E-state index contributed by atoms with van der Waals surface area (Å²) in [6.45, 7) is 6.31. The highest BCUT2D eigenvalue weighted by Crippen LogP contribution is 2.22. The van der Waals surface area contributed by atoms with Gasteiger partial charge in [-0.2, -0.15) is 0 Å². The highest BCUT2D eigenvalue weighted by Gasteiger charge is 2.27. The Kier molecular flexibility index (Phi) is 2.90. The zero-order valence-corrected chi connectivity index (χ0v) is 7.81. The van der Waals surface area contributed by atoms with Gasteiger partial charge in [0, 0.05) is 12.1 Å². The lowest BCUT2D eigenvalue weighted by Gasteiger charge is -2.28. The number of likely N-dealkylation sites (N-methyl/N-ethyl adjacent to an activating group) is 1. The number of rotatable bonds is 1. The van der Waals surface area contributed by atoms with E-state index in [0.717, 1.165) is 19.1 Å². The van der Waals surface area contributed by atoms with Crippen molar-refractivity contribution < 1.29 is 4.74 Å². The minimum absolute atomic E-state index is 0.204. The molecule has 2 atom stereocenters. The average molecular weight is 157 g/mol. The fourth-order valence-corrected chi connectivity index (χ4v) is 1.69. The summed E-state index contributed by atoms with van der Waals surface area (Å²) in [5, 5.41) is 3.33. The van der Waals surface area contributed by atoms with Crippen LogP contribution in [-0.2, 0) is 4.74 Å². The van der Waals surface area contributed by atoms with Gasteiger partial charge in [0.2, 0.25) is 0 Å². The van der Waals surface area contributed by atoms with Crippen LogP contribution in [0.4, 0.5) is 0 Å². The predicted molar refractivity (Wildman–Crippen MR) is 46.7 cm³/mol. The number of hydrogen-bond donors (Lipinski definition) is 1. The van der Waals surface area contributed by atoms with E-state index in [1.54, 1.807) is 0 Å². The van der Waals surface area contributed by atoms with Crippen LogP contribution in [-0.4, -0.2) is 25.8 Å². The molecular formula is C9H19NO. The number of hydrogen-bond acceptors (Lipinski definition) is 2. The third-order valence-electron chi connectivity index (χ3n) is 2.58. The SMILES string of the molecule is CNC1(C)COCCC(C)C1. The molecule has 0 aromatic heterocycles. The van der Waals surface area contributed by atoms with Crippen LogP contribution in [0.3, 0.4) is 0 Å². The lowest BCUT2D eigenvalue weighted by atomic mass is 9.90. The molecule has 2 nitrogen and oxygen atoms in total. The first-order valence-corrected chi connectivity index (χ1v) is 4.43. The Bertz CT molecular complexity index is 127. The van der Waals surface area contributed by atoms with Gasteiger partial charge in [-0.25, -0.2) is 0 Å². The Balaban J connectivity index is 2.51. The molecule has 11 heavy (non-hydrogen) atoms. The van der Waals surface area contributed by atoms with Crippen molar-refractivity contribution in [2.75, 3.05) is 20.3 Å². The zero-order chi connectivity index (χ0) is 8.32. The van der Waals surface area contributed by atoms with Crippen LogP contribution in [0.1, 0.15) is 26.7 Å². The quantitative estimate of drug-likeness (QED) is 0.621. The van der Waals surface area contributed by atoms with Crippen molar-refractivity contribution >= 4 is 0 Å². The minimum atomic E-state index is 0.204. The Hall–Kier alpha value is -0.0800. The van der Waals surface area contributed by atoms with Gasteiger partial charge in [0.1, 0.15) is 0 Å². The summed E-state index contributed by atoms with van der Waals surface area (Å²) in [6, 6.07) is 0. The standard InChI is InChI=1S/C9H19NO/c1-8-4-5-11-7-9(2,6-8)10-3/h8,10H,4-7H2,1-3H3. The van der Waals surface area contributed by atoms with Crippen molar-refractivity contribution in [3.63, 3.8) is 0 Å². The van der Waals surface area contributed by atoms with Gasteiger partial charge in [0.15, 0.2) is 0 Å². The molecule has 0 aromatic rings. The molecule has 2 unspecified atom stereocenters. The van der Waals surface area contributed by atoms with E-state index in [2.05, 4.69) is 19.2 Å². The summed E-state index contributed by atoms with van der Waals surface area (Å²) in [6.07, 6.45) is 2.43. The lowest BCUT2D eigenvalue weighted by Crippen LogP contribution is -2.44. The zero-order valence-electron chi connectivity index (χ0n) is 7.81. The van der Waals surface area contributed by atoms with Crippen molar-refractivity contribution in [1.82, 2.24) is 5.32 Å². The second kappa shape index (κ2) is 3.55. The first kappa shape index (κ1) is 9.01. The van der Waals surface area contributed by atoms with Crippen molar-refractivity contribution in [1.29, 1.82) is 0 Å². The Labute approximate surface area is 69.3 Å². The van der Waals surface area contributed by atoms with E-state index in [4.69, 9.17) is 4.74 Å². The van der Waals surface area contributed by atoms with Gasteiger partial charge in [-0.1, -0.05) is 6.92 Å². The molecule has 1 N–H and O–H groups in total. The second-order valence-electron chi connectivity index (χ2n) is 3.96. The third-order valence-corrected chi connectivity index (χ3v) is 2.58. The van der Waals surface area contributed by atoms with E-state index >= 15 is 0 Å². The molecule has 0 aliphatic carbocycles. The van der Waals surface area contributed by atoms with E-state index < -0.39 is 0 Å². The van der Waals surface area contributed by atoms with Gasteiger partial charge in [0.25, 0.3) is 0 Å². The molecule has 1 aliphatic rings. The molecule has 1 aliphatic heterocycles. The molecule has 1 rings (SSSR count). The highest BCUT2D eigenvalue weighted by atomic mass is 16.5. The molecule has 1 fully saturated rings. The molecule has 1 heterocycles. The van der Waals surface area contributed by atoms with Gasteiger partial charge < -0.3 is 10.1 Å². The molecule has 0 bridgehead atoms. The second-order valence-corrected chi connectivity index (χ2v) is 3.96. The molecule has 0 radical (unpaired) electrons. The van der Waals surface area contributed by atoms with Crippen LogP contribution in [0, 0.1) is 5.92 Å². The maximum Gasteiger partial charge on any atom is 0.0645 e. The van der Waals surface area contributed by atoms with Crippen LogP contribution >= 0.6 is 0 Å². The Morgan fingerprint density at radius 2 is 2.27 bits per heavy atom. The smallest absolute Gasteiger partial charge is 0.0645 e. The summed E-state index contributed by atoms with van der Waals surface area (Å²) < 4.78 is 5.51. The normalized spacial score (nSPS) is 40.1. The topological polar surface area (TPSA) is 21.3 Å². The molecule has 1 saturated heterocycles. The first-order valence-electron chi connectivity index (χ1n) is 4.43. The summed E-state index contributed by atoms with van der Waals surface area (Å²) in [5.41, 5.74) is 0.204. The lowest BCUT2D eigenvalue weighted by molar-refractivity contribution is 0.0956. The van der Waals surface area contributed by atoms with Crippen LogP contribution in [0.25, 0.3) is 0 Å². The van der Waals surface area contributed by atoms with E-state index in [-0.39, 0.29) is 5.54 Å².